The number of carbonyl (C=O) groups excluding carboxylic acids is 1. The van der Waals surface area contributed by atoms with Gasteiger partial charge in [0, 0.05) is 43.5 Å². The van der Waals surface area contributed by atoms with Gasteiger partial charge in [0.25, 0.3) is 0 Å². The molecule has 10 heteroatoms. The van der Waals surface area contributed by atoms with E-state index in [0.29, 0.717) is 34.4 Å². The molecule has 2 aromatic heterocycles. The first-order valence-corrected chi connectivity index (χ1v) is 12.4. The highest BCUT2D eigenvalue weighted by molar-refractivity contribution is 6.02. The van der Waals surface area contributed by atoms with Crippen LogP contribution in [0.15, 0.2) is 67.5 Å². The minimum absolute atomic E-state index is 0.306. The first kappa shape index (κ1) is 25.2. The number of likely N-dealkylation sites (N-methyl/N-ethyl adjacent to an activating group) is 1. The third-order valence-electron chi connectivity index (χ3n) is 6.61. The number of halogens is 1. The summed E-state index contributed by atoms with van der Waals surface area (Å²) < 4.78 is 21.4. The molecule has 196 valence electrons. The number of amides is 1. The first-order chi connectivity index (χ1) is 18.4. The monoisotopic (exact) mass is 515 g/mol. The molecule has 0 spiro atoms. The molecule has 3 heterocycles. The molecular formula is C28H30FN7O2. The maximum Gasteiger partial charge on any atom is 0.247 e. The fourth-order valence-corrected chi connectivity index (χ4v) is 4.63. The van der Waals surface area contributed by atoms with Crippen LogP contribution in [-0.4, -0.2) is 65.7 Å². The lowest BCUT2D eigenvalue weighted by molar-refractivity contribution is -0.111. The van der Waals surface area contributed by atoms with Crippen molar-refractivity contribution in [3.8, 4) is 11.6 Å². The van der Waals surface area contributed by atoms with Crippen molar-refractivity contribution < 1.29 is 13.9 Å². The zero-order valence-corrected chi connectivity index (χ0v) is 21.4. The van der Waals surface area contributed by atoms with Gasteiger partial charge in [-0.3, -0.25) is 4.79 Å². The van der Waals surface area contributed by atoms with Gasteiger partial charge in [0.1, 0.15) is 17.4 Å². The Labute approximate surface area is 220 Å². The van der Waals surface area contributed by atoms with Crippen LogP contribution in [0.5, 0.6) is 5.75 Å². The van der Waals surface area contributed by atoms with E-state index >= 15 is 0 Å². The molecule has 5 rings (SSSR count). The van der Waals surface area contributed by atoms with Crippen molar-refractivity contribution in [1.29, 1.82) is 0 Å². The van der Waals surface area contributed by atoms with E-state index in [-0.39, 0.29) is 11.7 Å². The standard InChI is InChI=1S/C28H30FN7O2/c1-4-27(37)31-21-17-22(25(38-3)18-24(21)35-12-5-11-34(2)14-15-35)32-28-30-10-8-26(33-28)36-13-9-19-6-7-20(29)16-23(19)36/h4,6-10,13,16-18H,1,5,11-12,14-15H2,2-3H3,(H,31,37)(H,30,32,33). The van der Waals surface area contributed by atoms with Gasteiger partial charge < -0.3 is 29.7 Å². The normalized spacial score (nSPS) is 14.2. The van der Waals surface area contributed by atoms with Crippen molar-refractivity contribution in [3.63, 3.8) is 0 Å². The van der Waals surface area contributed by atoms with Gasteiger partial charge in [-0.25, -0.2) is 9.37 Å². The zero-order valence-electron chi connectivity index (χ0n) is 21.4. The van der Waals surface area contributed by atoms with Gasteiger partial charge in [-0.05, 0) is 62.5 Å². The van der Waals surface area contributed by atoms with Crippen LogP contribution in [0.25, 0.3) is 16.7 Å². The van der Waals surface area contributed by atoms with Crippen molar-refractivity contribution in [1.82, 2.24) is 19.4 Å². The quantitative estimate of drug-likeness (QED) is 0.349. The molecule has 1 amide bonds. The molecule has 0 radical (unpaired) electrons. The Morgan fingerprint density at radius 2 is 1.97 bits per heavy atom. The van der Waals surface area contributed by atoms with Crippen LogP contribution in [0.4, 0.5) is 27.4 Å². The number of ether oxygens (including phenoxy) is 1. The van der Waals surface area contributed by atoms with Gasteiger partial charge in [0.05, 0.1) is 29.7 Å². The Morgan fingerprint density at radius 1 is 1.11 bits per heavy atom. The predicted octanol–water partition coefficient (Wildman–Crippen LogP) is 4.58. The second-order valence-electron chi connectivity index (χ2n) is 9.16. The molecule has 0 bridgehead atoms. The molecule has 4 aromatic rings. The number of aromatic nitrogens is 3. The summed E-state index contributed by atoms with van der Waals surface area (Å²) in [6.45, 7) is 7.19. The Kier molecular flexibility index (Phi) is 7.23. The second-order valence-corrected chi connectivity index (χ2v) is 9.16. The lowest BCUT2D eigenvalue weighted by Crippen LogP contribution is -2.29. The fraction of sp³-hybridized carbons (Fsp3) is 0.250. The van der Waals surface area contributed by atoms with E-state index in [4.69, 9.17) is 4.74 Å². The highest BCUT2D eigenvalue weighted by Crippen LogP contribution is 2.38. The molecule has 0 saturated carbocycles. The Bertz CT molecular complexity index is 1490. The number of benzene rings is 2. The number of nitrogens with zero attached hydrogens (tertiary/aromatic N) is 5. The molecular weight excluding hydrogens is 485 g/mol. The predicted molar refractivity (Wildman–Crippen MR) is 148 cm³/mol. The molecule has 9 nitrogen and oxygen atoms in total. The number of hydrogen-bond acceptors (Lipinski definition) is 7. The number of anilines is 4. The molecule has 1 saturated heterocycles. The summed E-state index contributed by atoms with van der Waals surface area (Å²) in [6.07, 6.45) is 5.72. The highest BCUT2D eigenvalue weighted by atomic mass is 19.1. The SMILES string of the molecule is C=CC(=O)Nc1cc(Nc2nccc(-n3ccc4ccc(F)cc43)n2)c(OC)cc1N1CCCN(C)CC1. The van der Waals surface area contributed by atoms with Crippen LogP contribution in [-0.2, 0) is 4.79 Å². The largest absolute Gasteiger partial charge is 0.494 e. The van der Waals surface area contributed by atoms with E-state index in [1.165, 1.54) is 18.2 Å². The average Bonchev–Trinajstić information content (AvgIpc) is 3.21. The topological polar surface area (TPSA) is 87.5 Å². The van der Waals surface area contributed by atoms with Crippen LogP contribution >= 0.6 is 0 Å². The first-order valence-electron chi connectivity index (χ1n) is 12.4. The van der Waals surface area contributed by atoms with Crippen molar-refractivity contribution in [3.05, 3.63) is 73.3 Å². The van der Waals surface area contributed by atoms with Crippen LogP contribution in [0, 0.1) is 5.82 Å². The molecule has 0 atom stereocenters. The second kappa shape index (κ2) is 10.9. The molecule has 1 fully saturated rings. The molecule has 2 aromatic carbocycles. The highest BCUT2D eigenvalue weighted by Gasteiger charge is 2.20. The lowest BCUT2D eigenvalue weighted by Gasteiger charge is -2.27. The summed E-state index contributed by atoms with van der Waals surface area (Å²) >= 11 is 0. The van der Waals surface area contributed by atoms with E-state index in [2.05, 4.69) is 44.0 Å². The maximum atomic E-state index is 13.9. The number of nitrogens with one attached hydrogen (secondary N) is 2. The number of fused-ring (bicyclic) bond motifs is 1. The summed E-state index contributed by atoms with van der Waals surface area (Å²) in [6, 6.07) is 12.0. The van der Waals surface area contributed by atoms with E-state index in [0.717, 1.165) is 43.7 Å². The zero-order chi connectivity index (χ0) is 26.6. The molecule has 1 aliphatic rings. The van der Waals surface area contributed by atoms with Crippen LogP contribution < -0.4 is 20.3 Å². The van der Waals surface area contributed by atoms with Crippen molar-refractivity contribution >= 4 is 39.8 Å². The van der Waals surface area contributed by atoms with E-state index < -0.39 is 0 Å². The molecule has 38 heavy (non-hydrogen) atoms. The third kappa shape index (κ3) is 5.30. The van der Waals surface area contributed by atoms with Crippen molar-refractivity contribution in [2.45, 2.75) is 6.42 Å². The van der Waals surface area contributed by atoms with E-state index in [9.17, 15) is 9.18 Å². The minimum Gasteiger partial charge on any atom is -0.494 e. The molecule has 0 aliphatic carbocycles. The van der Waals surface area contributed by atoms with Crippen molar-refractivity contribution in [2.24, 2.45) is 0 Å². The third-order valence-corrected chi connectivity index (χ3v) is 6.61. The number of methoxy groups -OCH3 is 1. The Balaban J connectivity index is 1.50. The minimum atomic E-state index is -0.320. The van der Waals surface area contributed by atoms with E-state index in [1.54, 1.807) is 30.0 Å². The maximum absolute atomic E-state index is 13.9. The summed E-state index contributed by atoms with van der Waals surface area (Å²) in [5.41, 5.74) is 2.79. The molecule has 2 N–H and O–H groups in total. The van der Waals surface area contributed by atoms with Crippen LogP contribution in [0.3, 0.4) is 0 Å². The number of rotatable bonds is 7. The van der Waals surface area contributed by atoms with Gasteiger partial charge in [-0.2, -0.15) is 4.98 Å². The van der Waals surface area contributed by atoms with Gasteiger partial charge in [-0.15, -0.1) is 0 Å². The number of carbonyl (C=O) groups is 1. The average molecular weight is 516 g/mol. The van der Waals surface area contributed by atoms with E-state index in [1.807, 2.05) is 24.4 Å². The van der Waals surface area contributed by atoms with Crippen molar-refractivity contribution in [2.75, 3.05) is 55.9 Å². The van der Waals surface area contributed by atoms with Gasteiger partial charge in [-0.1, -0.05) is 6.58 Å². The Morgan fingerprint density at radius 3 is 2.79 bits per heavy atom. The summed E-state index contributed by atoms with van der Waals surface area (Å²) in [7, 11) is 3.71. The molecule has 0 unspecified atom stereocenters. The van der Waals surface area contributed by atoms with Crippen LogP contribution in [0.2, 0.25) is 0 Å². The smallest absolute Gasteiger partial charge is 0.247 e. The van der Waals surface area contributed by atoms with Crippen LogP contribution in [0.1, 0.15) is 6.42 Å². The molecule has 1 aliphatic heterocycles. The lowest BCUT2D eigenvalue weighted by atomic mass is 10.1. The summed E-state index contributed by atoms with van der Waals surface area (Å²) in [5, 5.41) is 7.07. The number of hydrogen-bond donors (Lipinski definition) is 2. The Hall–Kier alpha value is -4.44. The van der Waals surface area contributed by atoms with Gasteiger partial charge in [0.2, 0.25) is 11.9 Å². The fourth-order valence-electron chi connectivity index (χ4n) is 4.63. The summed E-state index contributed by atoms with van der Waals surface area (Å²) in [5.74, 6) is 0.854. The summed E-state index contributed by atoms with van der Waals surface area (Å²) in [4.78, 5) is 25.9. The van der Waals surface area contributed by atoms with Gasteiger partial charge >= 0.3 is 0 Å². The van der Waals surface area contributed by atoms with Gasteiger partial charge in [0.15, 0.2) is 0 Å².